The van der Waals surface area contributed by atoms with E-state index >= 15 is 0 Å². The molecule has 6 nitrogen and oxygen atoms in total. The number of aryl methyl sites for hydroxylation is 1. The van der Waals surface area contributed by atoms with Gasteiger partial charge < -0.3 is 9.72 Å². The van der Waals surface area contributed by atoms with E-state index in [0.29, 0.717) is 27.5 Å². The van der Waals surface area contributed by atoms with Crippen LogP contribution in [0.5, 0.6) is 0 Å². The number of H-pyrrole nitrogens is 1. The minimum Gasteiger partial charge on any atom is -0.451 e. The molecular weight excluding hydrogens is 366 g/mol. The van der Waals surface area contributed by atoms with E-state index in [0.717, 1.165) is 0 Å². The Morgan fingerprint density at radius 2 is 1.81 bits per heavy atom. The zero-order valence-electron chi connectivity index (χ0n) is 16.0. The van der Waals surface area contributed by atoms with Gasteiger partial charge in [0.1, 0.15) is 0 Å². The van der Waals surface area contributed by atoms with Gasteiger partial charge in [0.2, 0.25) is 5.78 Å². The van der Waals surface area contributed by atoms with Crippen molar-refractivity contribution in [2.24, 2.45) is 0 Å². The van der Waals surface area contributed by atoms with Gasteiger partial charge in [-0.1, -0.05) is 19.1 Å². The van der Waals surface area contributed by atoms with Crippen molar-refractivity contribution in [1.29, 1.82) is 0 Å². The Bertz CT molecular complexity index is 928. The van der Waals surface area contributed by atoms with Gasteiger partial charge in [-0.05, 0) is 45.4 Å². The molecule has 0 radical (unpaired) electrons. The van der Waals surface area contributed by atoms with Crippen LogP contribution in [0.2, 0.25) is 0 Å². The van der Waals surface area contributed by atoms with Crippen LogP contribution >= 0.6 is 0 Å². The smallest absolute Gasteiger partial charge is 0.340 e. The number of ether oxygens (including phenoxy) is 1. The third kappa shape index (κ3) is 4.24. The first-order valence-electron chi connectivity index (χ1n) is 8.61. The Labute approximate surface area is 160 Å². The highest BCUT2D eigenvalue weighted by atomic mass is 32.2. The minimum atomic E-state index is -1.32. The molecule has 0 saturated carbocycles. The van der Waals surface area contributed by atoms with E-state index in [4.69, 9.17) is 4.74 Å². The fourth-order valence-electron chi connectivity index (χ4n) is 2.99. The summed E-state index contributed by atoms with van der Waals surface area (Å²) in [7, 11) is -1.32. The summed E-state index contributed by atoms with van der Waals surface area (Å²) in [5.41, 5.74) is 2.05. The molecule has 0 amide bonds. The van der Waals surface area contributed by atoms with Crippen LogP contribution in [0, 0.1) is 13.8 Å². The van der Waals surface area contributed by atoms with Crippen LogP contribution in [0.4, 0.5) is 0 Å². The molecule has 0 saturated heterocycles. The second-order valence-electron chi connectivity index (χ2n) is 6.22. The van der Waals surface area contributed by atoms with Gasteiger partial charge in [-0.15, -0.1) is 0 Å². The van der Waals surface area contributed by atoms with E-state index in [9.17, 15) is 18.6 Å². The van der Waals surface area contributed by atoms with Crippen LogP contribution in [0.25, 0.3) is 0 Å². The highest BCUT2D eigenvalue weighted by Crippen LogP contribution is 2.21. The van der Waals surface area contributed by atoms with E-state index in [2.05, 4.69) is 4.98 Å². The maximum absolute atomic E-state index is 12.7. The number of esters is 1. The van der Waals surface area contributed by atoms with E-state index in [1.165, 1.54) is 19.9 Å². The maximum Gasteiger partial charge on any atom is 0.340 e. The summed E-state index contributed by atoms with van der Waals surface area (Å²) in [5.74, 6) is -0.902. The molecule has 0 unspecified atom stereocenters. The molecule has 0 aliphatic rings. The predicted octanol–water partition coefficient (Wildman–Crippen LogP) is 3.39. The number of Topliss-reactive ketones (excluding diaryl/α,β-unsaturated/α-hetero) is 2. The monoisotopic (exact) mass is 389 g/mol. The van der Waals surface area contributed by atoms with Gasteiger partial charge in [0, 0.05) is 17.0 Å². The molecule has 27 heavy (non-hydrogen) atoms. The summed E-state index contributed by atoms with van der Waals surface area (Å²) in [6, 6.07) is 6.49. The molecule has 0 spiro atoms. The third-order valence-corrected chi connectivity index (χ3v) is 5.67. The number of nitrogens with one attached hydrogen (secondary N) is 1. The van der Waals surface area contributed by atoms with Crippen molar-refractivity contribution in [3.8, 4) is 0 Å². The van der Waals surface area contributed by atoms with E-state index in [1.807, 2.05) is 0 Å². The second kappa shape index (κ2) is 8.43. The molecule has 7 heteroatoms. The van der Waals surface area contributed by atoms with Crippen LogP contribution in [0.1, 0.15) is 63.2 Å². The van der Waals surface area contributed by atoms with E-state index < -0.39 is 28.7 Å². The maximum atomic E-state index is 12.7. The standard InChI is InChI=1S/C20H23NO5S/c1-6-27(25)16-10-8-7-9-15(16)20(24)26-14(5)19(23)18-11(2)17(13(4)22)12(3)21-18/h7-10,14,21H,6H2,1-5H3/t14-,27-/m0/s1. The molecule has 2 atom stereocenters. The lowest BCUT2D eigenvalue weighted by Crippen LogP contribution is -2.26. The van der Waals surface area contributed by atoms with Crippen molar-refractivity contribution >= 4 is 28.3 Å². The van der Waals surface area contributed by atoms with Crippen molar-refractivity contribution < 1.29 is 23.3 Å². The number of carbonyl (C=O) groups is 3. The Balaban J connectivity index is 2.26. The highest BCUT2D eigenvalue weighted by molar-refractivity contribution is 7.85. The van der Waals surface area contributed by atoms with Crippen LogP contribution in [-0.2, 0) is 15.5 Å². The number of aromatic nitrogens is 1. The van der Waals surface area contributed by atoms with Gasteiger partial charge in [-0.2, -0.15) is 0 Å². The van der Waals surface area contributed by atoms with Gasteiger partial charge in [0.15, 0.2) is 11.9 Å². The second-order valence-corrected chi connectivity index (χ2v) is 7.93. The van der Waals surface area contributed by atoms with Crippen LogP contribution in [0.3, 0.4) is 0 Å². The van der Waals surface area contributed by atoms with Gasteiger partial charge in [-0.3, -0.25) is 13.8 Å². The molecule has 0 fully saturated rings. The van der Waals surface area contributed by atoms with E-state index in [1.54, 1.807) is 39.0 Å². The summed E-state index contributed by atoms with van der Waals surface area (Å²) in [4.78, 5) is 40.3. The number of benzene rings is 1. The minimum absolute atomic E-state index is 0.138. The lowest BCUT2D eigenvalue weighted by molar-refractivity contribution is 0.0313. The van der Waals surface area contributed by atoms with Crippen molar-refractivity contribution in [3.05, 3.63) is 52.3 Å². The van der Waals surface area contributed by atoms with Crippen LogP contribution < -0.4 is 0 Å². The SMILES string of the molecule is CC[S@](=O)c1ccccc1C(=O)O[C@@H](C)C(=O)c1[nH]c(C)c(C(C)=O)c1C. The van der Waals surface area contributed by atoms with Gasteiger partial charge in [0.25, 0.3) is 0 Å². The Morgan fingerprint density at radius 1 is 1.19 bits per heavy atom. The number of hydrogen-bond donors (Lipinski definition) is 1. The molecule has 2 aromatic rings. The molecule has 1 aromatic carbocycles. The average molecular weight is 389 g/mol. The first-order chi connectivity index (χ1) is 12.7. The number of hydrogen-bond acceptors (Lipinski definition) is 5. The number of carbonyl (C=O) groups excluding carboxylic acids is 3. The fraction of sp³-hybridized carbons (Fsp3) is 0.350. The van der Waals surface area contributed by atoms with Gasteiger partial charge in [-0.25, -0.2) is 4.79 Å². The summed E-state index contributed by atoms with van der Waals surface area (Å²) < 4.78 is 17.5. The number of ketones is 2. The van der Waals surface area contributed by atoms with Gasteiger partial charge >= 0.3 is 5.97 Å². The Hall–Kier alpha value is -2.54. The number of rotatable bonds is 7. The highest BCUT2D eigenvalue weighted by Gasteiger charge is 2.27. The lowest BCUT2D eigenvalue weighted by atomic mass is 10.0. The molecule has 0 bridgehead atoms. The summed E-state index contributed by atoms with van der Waals surface area (Å²) in [6.07, 6.45) is -1.06. The van der Waals surface area contributed by atoms with Crippen LogP contribution in [-0.4, -0.2) is 38.6 Å². The topological polar surface area (TPSA) is 93.3 Å². The third-order valence-electron chi connectivity index (χ3n) is 4.30. The lowest BCUT2D eigenvalue weighted by Gasteiger charge is -2.14. The first kappa shape index (κ1) is 20.8. The Morgan fingerprint density at radius 3 is 2.37 bits per heavy atom. The fourth-order valence-corrected chi connectivity index (χ4v) is 3.93. The largest absolute Gasteiger partial charge is 0.451 e. The molecular formula is C20H23NO5S. The molecule has 2 rings (SSSR count). The summed E-state index contributed by atoms with van der Waals surface area (Å²) >= 11 is 0. The first-order valence-corrected chi connectivity index (χ1v) is 9.93. The molecule has 0 aliphatic heterocycles. The van der Waals surface area contributed by atoms with Gasteiger partial charge in [0.05, 0.1) is 27.0 Å². The quantitative estimate of drug-likeness (QED) is 0.579. The molecule has 1 N–H and O–H groups in total. The van der Waals surface area contributed by atoms with Crippen molar-refractivity contribution in [2.75, 3.05) is 5.75 Å². The van der Waals surface area contributed by atoms with E-state index in [-0.39, 0.29) is 17.0 Å². The predicted molar refractivity (Wildman–Crippen MR) is 103 cm³/mol. The summed E-state index contributed by atoms with van der Waals surface area (Å²) in [5, 5.41) is 0. The zero-order chi connectivity index (χ0) is 20.3. The molecule has 0 aliphatic carbocycles. The van der Waals surface area contributed by atoms with Crippen molar-refractivity contribution in [3.63, 3.8) is 0 Å². The van der Waals surface area contributed by atoms with Crippen LogP contribution in [0.15, 0.2) is 29.2 Å². The molecule has 1 aromatic heterocycles. The average Bonchev–Trinajstić information content (AvgIpc) is 2.94. The van der Waals surface area contributed by atoms with Crippen molar-refractivity contribution in [2.45, 2.75) is 45.6 Å². The summed E-state index contributed by atoms with van der Waals surface area (Å²) in [6.45, 7) is 8.07. The van der Waals surface area contributed by atoms with Crippen molar-refractivity contribution in [1.82, 2.24) is 4.98 Å². The zero-order valence-corrected chi connectivity index (χ0v) is 16.9. The normalized spacial score (nSPS) is 13.1. The molecule has 1 heterocycles. The Kier molecular flexibility index (Phi) is 6.49. The molecule has 144 valence electrons. The number of aromatic amines is 1.